The van der Waals surface area contributed by atoms with Crippen LogP contribution < -0.4 is 15.2 Å². The predicted octanol–water partition coefficient (Wildman–Crippen LogP) is 5.59. The van der Waals surface area contributed by atoms with E-state index in [4.69, 9.17) is 10.5 Å². The first-order chi connectivity index (χ1) is 15.5. The van der Waals surface area contributed by atoms with Crippen molar-refractivity contribution in [3.63, 3.8) is 0 Å². The van der Waals surface area contributed by atoms with Crippen molar-refractivity contribution in [1.29, 1.82) is 0 Å². The van der Waals surface area contributed by atoms with Gasteiger partial charge in [-0.05, 0) is 35.7 Å². The Hall–Kier alpha value is -3.79. The Balaban J connectivity index is 1.57. The highest BCUT2D eigenvalue weighted by Crippen LogP contribution is 2.36. The Morgan fingerprint density at radius 3 is 2.53 bits per heavy atom. The molecule has 3 N–H and O–H groups in total. The zero-order valence-corrected chi connectivity index (χ0v) is 17.2. The normalized spacial score (nSPS) is 10.7. The molecule has 0 fully saturated rings. The zero-order chi connectivity index (χ0) is 22.5. The molecule has 6 nitrogen and oxygen atoms in total. The van der Waals surface area contributed by atoms with Crippen LogP contribution in [-0.4, -0.2) is 15.0 Å². The minimum atomic E-state index is -1.40. The van der Waals surface area contributed by atoms with Crippen LogP contribution in [0.5, 0.6) is 11.6 Å². The first-order valence-electron chi connectivity index (χ1n) is 9.34. The summed E-state index contributed by atoms with van der Waals surface area (Å²) in [7, 11) is 0. The van der Waals surface area contributed by atoms with Crippen LogP contribution >= 0.6 is 11.9 Å². The number of benzene rings is 2. The molecule has 0 radical (unpaired) electrons. The summed E-state index contributed by atoms with van der Waals surface area (Å²) in [6.07, 6.45) is 2.83. The molecule has 0 amide bonds. The summed E-state index contributed by atoms with van der Waals surface area (Å²) in [4.78, 5) is 11.9. The van der Waals surface area contributed by atoms with Crippen molar-refractivity contribution in [3.05, 3.63) is 90.0 Å². The quantitative estimate of drug-likeness (QED) is 0.277. The molecule has 0 bridgehead atoms. The molecule has 0 atom stereocenters. The van der Waals surface area contributed by atoms with Gasteiger partial charge in [-0.15, -0.1) is 0 Å². The number of nitrogens with two attached hydrogens (primary N) is 1. The van der Waals surface area contributed by atoms with Gasteiger partial charge < -0.3 is 15.2 Å². The van der Waals surface area contributed by atoms with E-state index in [2.05, 4.69) is 19.7 Å². The molecule has 0 aliphatic rings. The Labute approximate surface area is 185 Å². The number of hydrogen-bond donors (Lipinski definition) is 2. The van der Waals surface area contributed by atoms with Crippen molar-refractivity contribution in [2.75, 3.05) is 10.5 Å². The van der Waals surface area contributed by atoms with Crippen molar-refractivity contribution < 1.29 is 17.9 Å². The number of ether oxygens (including phenoxy) is 1. The predicted molar refractivity (Wildman–Crippen MR) is 117 cm³/mol. The van der Waals surface area contributed by atoms with Gasteiger partial charge in [0.25, 0.3) is 0 Å². The number of hydrogen-bond acceptors (Lipinski definition) is 7. The number of aromatic nitrogens is 3. The molecular weight excluding hydrogens is 439 g/mol. The Morgan fingerprint density at radius 2 is 1.75 bits per heavy atom. The van der Waals surface area contributed by atoms with Crippen molar-refractivity contribution in [2.45, 2.75) is 5.75 Å². The number of nitrogens with one attached hydrogen (secondary N) is 1. The minimum Gasteiger partial charge on any atom is -0.435 e. The number of nitrogen functional groups attached to an aromatic ring is 1. The van der Waals surface area contributed by atoms with Gasteiger partial charge in [0.1, 0.15) is 5.69 Å². The summed E-state index contributed by atoms with van der Waals surface area (Å²) >= 11 is 1.03. The average Bonchev–Trinajstić information content (AvgIpc) is 2.80. The average molecular weight is 455 g/mol. The molecule has 2 heterocycles. The third kappa shape index (κ3) is 4.75. The van der Waals surface area contributed by atoms with Gasteiger partial charge in [-0.3, -0.25) is 0 Å². The number of anilines is 2. The van der Waals surface area contributed by atoms with Gasteiger partial charge in [-0.25, -0.2) is 23.7 Å². The molecule has 0 unspecified atom stereocenters. The Morgan fingerprint density at radius 1 is 0.938 bits per heavy atom. The largest absolute Gasteiger partial charge is 0.435 e. The summed E-state index contributed by atoms with van der Waals surface area (Å²) in [6.45, 7) is 0. The van der Waals surface area contributed by atoms with E-state index in [1.54, 1.807) is 18.2 Å². The number of rotatable bonds is 7. The number of nitrogens with zero attached hydrogens (tertiary/aromatic N) is 3. The second-order valence-electron chi connectivity index (χ2n) is 6.49. The van der Waals surface area contributed by atoms with E-state index in [1.807, 2.05) is 30.3 Å². The van der Waals surface area contributed by atoms with Gasteiger partial charge in [0.05, 0.1) is 11.3 Å². The van der Waals surface area contributed by atoms with Crippen molar-refractivity contribution in [2.24, 2.45) is 0 Å². The zero-order valence-electron chi connectivity index (χ0n) is 16.4. The topological polar surface area (TPSA) is 86.0 Å². The molecular formula is C22H16F3N5OS. The van der Waals surface area contributed by atoms with Crippen LogP contribution in [0.2, 0.25) is 0 Å². The molecule has 162 valence electrons. The highest BCUT2D eigenvalue weighted by molar-refractivity contribution is 7.99. The van der Waals surface area contributed by atoms with E-state index in [0.717, 1.165) is 23.6 Å². The lowest BCUT2D eigenvalue weighted by molar-refractivity contribution is 0.401. The SMILES string of the molecule is Nc1nccc(-c2cccnc2Oc2cc(F)c(NSCc3ccccc3)c(F)c2F)n1. The minimum absolute atomic E-state index is 0.0176. The molecule has 0 spiro atoms. The van der Waals surface area contributed by atoms with Crippen LogP contribution in [0, 0.1) is 17.5 Å². The summed E-state index contributed by atoms with van der Waals surface area (Å²) in [5.74, 6) is -4.06. The fourth-order valence-corrected chi connectivity index (χ4v) is 3.56. The number of halogens is 3. The Bertz CT molecular complexity index is 1240. The second-order valence-corrected chi connectivity index (χ2v) is 7.28. The third-order valence-electron chi connectivity index (χ3n) is 4.31. The molecule has 0 aliphatic heterocycles. The van der Waals surface area contributed by atoms with Crippen LogP contribution in [0.1, 0.15) is 5.56 Å². The van der Waals surface area contributed by atoms with Crippen LogP contribution in [0.15, 0.2) is 67.0 Å². The lowest BCUT2D eigenvalue weighted by atomic mass is 10.2. The maximum Gasteiger partial charge on any atom is 0.228 e. The van der Waals surface area contributed by atoms with Crippen LogP contribution in [-0.2, 0) is 5.75 Å². The molecule has 2 aromatic heterocycles. The van der Waals surface area contributed by atoms with Gasteiger partial charge in [0.2, 0.25) is 17.6 Å². The van der Waals surface area contributed by atoms with E-state index in [-0.39, 0.29) is 11.8 Å². The van der Waals surface area contributed by atoms with Crippen LogP contribution in [0.4, 0.5) is 24.8 Å². The van der Waals surface area contributed by atoms with E-state index < -0.39 is 28.9 Å². The van der Waals surface area contributed by atoms with E-state index in [0.29, 0.717) is 17.0 Å². The summed E-state index contributed by atoms with van der Waals surface area (Å²) in [5.41, 5.74) is 6.66. The third-order valence-corrected chi connectivity index (χ3v) is 5.14. The molecule has 4 rings (SSSR count). The van der Waals surface area contributed by atoms with Gasteiger partial charge >= 0.3 is 0 Å². The molecule has 0 saturated carbocycles. The monoisotopic (exact) mass is 455 g/mol. The first kappa shape index (κ1) is 21.4. The standard InChI is InChI=1S/C22H16F3N5OS/c23-15-11-17(18(24)19(25)20(15)30-32-12-13-5-2-1-3-6-13)31-21-14(7-4-9-27-21)16-8-10-28-22(26)29-16/h1-11,30H,12H2,(H2,26,28,29). The van der Waals surface area contributed by atoms with E-state index >= 15 is 0 Å². The molecule has 2 aromatic carbocycles. The van der Waals surface area contributed by atoms with Crippen LogP contribution in [0.25, 0.3) is 11.3 Å². The molecule has 32 heavy (non-hydrogen) atoms. The maximum atomic E-state index is 14.7. The summed E-state index contributed by atoms with van der Waals surface area (Å²) in [5, 5.41) is 0. The fraction of sp³-hybridized carbons (Fsp3) is 0.0455. The van der Waals surface area contributed by atoms with Gasteiger partial charge in [0, 0.05) is 24.2 Å². The van der Waals surface area contributed by atoms with Crippen LogP contribution in [0.3, 0.4) is 0 Å². The smallest absolute Gasteiger partial charge is 0.228 e. The summed E-state index contributed by atoms with van der Waals surface area (Å²) in [6, 6.07) is 14.8. The van der Waals surface area contributed by atoms with Crippen molar-refractivity contribution in [1.82, 2.24) is 15.0 Å². The van der Waals surface area contributed by atoms with E-state index in [9.17, 15) is 13.2 Å². The molecule has 0 aliphatic carbocycles. The molecule has 10 heteroatoms. The fourth-order valence-electron chi connectivity index (χ4n) is 2.80. The number of pyridine rings is 1. The highest BCUT2D eigenvalue weighted by Gasteiger charge is 2.22. The lowest BCUT2D eigenvalue weighted by Crippen LogP contribution is -2.03. The second kappa shape index (κ2) is 9.56. The van der Waals surface area contributed by atoms with Crippen molar-refractivity contribution in [3.8, 4) is 22.9 Å². The summed E-state index contributed by atoms with van der Waals surface area (Å²) < 4.78 is 51.8. The van der Waals surface area contributed by atoms with E-state index in [1.165, 1.54) is 12.4 Å². The van der Waals surface area contributed by atoms with Gasteiger partial charge in [0.15, 0.2) is 17.4 Å². The Kier molecular flexibility index (Phi) is 6.41. The first-order valence-corrected chi connectivity index (χ1v) is 10.3. The van der Waals surface area contributed by atoms with Gasteiger partial charge in [-0.1, -0.05) is 30.3 Å². The van der Waals surface area contributed by atoms with Gasteiger partial charge in [-0.2, -0.15) is 4.39 Å². The highest BCUT2D eigenvalue weighted by atomic mass is 32.2. The lowest BCUT2D eigenvalue weighted by Gasteiger charge is -2.13. The molecule has 4 aromatic rings. The maximum absolute atomic E-state index is 14.7. The van der Waals surface area contributed by atoms with Crippen molar-refractivity contribution >= 4 is 23.6 Å². The molecule has 0 saturated heterocycles.